The number of hydrogen-bond acceptors (Lipinski definition) is 15. The minimum atomic E-state index is 0.563. The Morgan fingerprint density at radius 2 is 0.389 bits per heavy atom. The molecule has 0 spiro atoms. The average Bonchev–Trinajstić information content (AvgIpc) is 3.19. The molecular weight excluding hydrogens is 702 g/mol. The van der Waals surface area contributed by atoms with Gasteiger partial charge in [0, 0.05) is 58.9 Å². The highest BCUT2D eigenvalue weighted by molar-refractivity contribution is 5.30. The number of nitrogens with zero attached hydrogens (tertiary/aromatic N) is 3. The lowest BCUT2D eigenvalue weighted by molar-refractivity contribution is 0.00206. The maximum Gasteiger partial charge on any atom is 0.0701 e. The lowest BCUT2D eigenvalue weighted by atomic mass is 10.0. The first-order valence-electron chi connectivity index (χ1n) is 20.1. The summed E-state index contributed by atoms with van der Waals surface area (Å²) >= 11 is 0. The molecule has 0 unspecified atom stereocenters. The van der Waals surface area contributed by atoms with Crippen LogP contribution in [0.3, 0.4) is 0 Å². The second-order valence-electron chi connectivity index (χ2n) is 13.3. The Hall–Kier alpha value is -1.38. The van der Waals surface area contributed by atoms with Crippen LogP contribution in [0.15, 0.2) is 18.2 Å². The van der Waals surface area contributed by atoms with E-state index in [1.807, 2.05) is 0 Å². The van der Waals surface area contributed by atoms with E-state index in [0.29, 0.717) is 159 Å². The third kappa shape index (κ3) is 23.0. The molecule has 54 heavy (non-hydrogen) atoms. The van der Waals surface area contributed by atoms with Gasteiger partial charge in [0.2, 0.25) is 0 Å². The van der Waals surface area contributed by atoms with Crippen LogP contribution in [0.4, 0.5) is 0 Å². The Morgan fingerprint density at radius 1 is 0.241 bits per heavy atom. The lowest BCUT2D eigenvalue weighted by Gasteiger charge is -2.26. The van der Waals surface area contributed by atoms with Crippen molar-refractivity contribution >= 4 is 0 Å². The number of ether oxygens (including phenoxy) is 12. The molecule has 1 aromatic carbocycles. The van der Waals surface area contributed by atoms with Crippen molar-refractivity contribution < 1.29 is 56.8 Å². The maximum atomic E-state index is 5.94. The van der Waals surface area contributed by atoms with Gasteiger partial charge in [-0.25, -0.2) is 0 Å². The summed E-state index contributed by atoms with van der Waals surface area (Å²) < 4.78 is 69.4. The highest BCUT2D eigenvalue weighted by Gasteiger charge is 2.15. The molecule has 15 heteroatoms. The van der Waals surface area contributed by atoms with E-state index in [4.69, 9.17) is 56.8 Å². The first-order chi connectivity index (χ1) is 26.8. The number of hydrogen-bond donors (Lipinski definition) is 0. The van der Waals surface area contributed by atoms with Crippen molar-refractivity contribution in [3.8, 4) is 0 Å². The molecule has 0 aliphatic carbocycles. The van der Waals surface area contributed by atoms with Gasteiger partial charge in [-0.2, -0.15) is 0 Å². The Morgan fingerprint density at radius 3 is 0.556 bits per heavy atom. The molecule has 0 atom stereocenters. The van der Waals surface area contributed by atoms with Gasteiger partial charge in [-0.05, 0) is 16.7 Å². The average molecular weight is 772 g/mol. The third-order valence-corrected chi connectivity index (χ3v) is 8.99. The van der Waals surface area contributed by atoms with Crippen molar-refractivity contribution in [3.63, 3.8) is 0 Å². The van der Waals surface area contributed by atoms with Gasteiger partial charge in [0.25, 0.3) is 0 Å². The summed E-state index contributed by atoms with van der Waals surface area (Å²) in [6.07, 6.45) is 0. The molecule has 0 bridgehead atoms. The smallest absolute Gasteiger partial charge is 0.0701 e. The summed E-state index contributed by atoms with van der Waals surface area (Å²) in [7, 11) is 0. The lowest BCUT2D eigenvalue weighted by Crippen LogP contribution is -2.33. The van der Waals surface area contributed by atoms with Crippen LogP contribution >= 0.6 is 0 Å². The molecule has 15 nitrogen and oxygen atoms in total. The molecule has 312 valence electrons. The molecular formula is C39H69N3O12. The SMILES string of the molecule is c1c(CN2CCOCCOCCOCCOCC2)cc(CN2CCOCCOCCOCCOCC2)cc1CN1CCOCCOCCOCCOCC1. The predicted molar refractivity (Wildman–Crippen MR) is 202 cm³/mol. The number of benzene rings is 1. The Labute approximate surface area is 323 Å². The molecule has 0 N–H and O–H groups in total. The van der Waals surface area contributed by atoms with E-state index < -0.39 is 0 Å². The van der Waals surface area contributed by atoms with Crippen molar-refractivity contribution in [2.45, 2.75) is 19.6 Å². The van der Waals surface area contributed by atoms with Crippen molar-refractivity contribution in [1.29, 1.82) is 0 Å². The van der Waals surface area contributed by atoms with E-state index in [9.17, 15) is 0 Å². The summed E-state index contributed by atoms with van der Waals surface area (Å²) in [6.45, 7) is 21.0. The standard InChI is InChI=1S/C39H69N3O12/c1-7-43-13-19-49-25-26-50-20-14-44-8-2-40(1)34-37-31-38(35-41-3-9-45-15-21-51-27-28-52-22-16-46-10-4-41)33-39(32-37)36-42-5-11-47-17-23-53-29-30-54-24-18-48-12-6-42/h31-33H,1-30,34-36H2. The topological polar surface area (TPSA) is 120 Å². The zero-order chi connectivity index (χ0) is 37.4. The number of rotatable bonds is 6. The van der Waals surface area contributed by atoms with Crippen LogP contribution in [-0.2, 0) is 76.5 Å². The highest BCUT2D eigenvalue weighted by atomic mass is 16.6. The van der Waals surface area contributed by atoms with Crippen molar-refractivity contribution in [3.05, 3.63) is 34.9 Å². The minimum absolute atomic E-state index is 0.563. The fourth-order valence-corrected chi connectivity index (χ4v) is 6.14. The van der Waals surface area contributed by atoms with Crippen LogP contribution in [-0.4, -0.2) is 213 Å². The Bertz CT molecular complexity index is 847. The summed E-state index contributed by atoms with van der Waals surface area (Å²) in [5, 5.41) is 0. The van der Waals surface area contributed by atoms with Crippen molar-refractivity contribution in [2.24, 2.45) is 0 Å². The fourth-order valence-electron chi connectivity index (χ4n) is 6.14. The minimum Gasteiger partial charge on any atom is -0.378 e. The van der Waals surface area contributed by atoms with Gasteiger partial charge in [-0.15, -0.1) is 0 Å². The van der Waals surface area contributed by atoms with Crippen LogP contribution in [0.5, 0.6) is 0 Å². The van der Waals surface area contributed by atoms with Gasteiger partial charge in [0.05, 0.1) is 159 Å². The molecule has 3 heterocycles. The van der Waals surface area contributed by atoms with Crippen molar-refractivity contribution in [2.75, 3.05) is 198 Å². The molecule has 3 aliphatic rings. The monoisotopic (exact) mass is 771 g/mol. The highest BCUT2D eigenvalue weighted by Crippen LogP contribution is 2.17. The molecule has 0 aromatic heterocycles. The summed E-state index contributed by atoms with van der Waals surface area (Å²) in [4.78, 5) is 7.24. The van der Waals surface area contributed by atoms with E-state index in [-0.39, 0.29) is 0 Å². The molecule has 0 saturated carbocycles. The van der Waals surface area contributed by atoms with Crippen LogP contribution in [0, 0.1) is 0 Å². The van der Waals surface area contributed by atoms with Gasteiger partial charge < -0.3 is 56.8 Å². The molecule has 0 radical (unpaired) electrons. The first-order valence-corrected chi connectivity index (χ1v) is 20.1. The van der Waals surface area contributed by atoms with E-state index in [1.54, 1.807) is 0 Å². The van der Waals surface area contributed by atoms with E-state index in [1.165, 1.54) is 16.7 Å². The second kappa shape index (κ2) is 31.7. The van der Waals surface area contributed by atoms with E-state index in [2.05, 4.69) is 32.9 Å². The van der Waals surface area contributed by atoms with Crippen molar-refractivity contribution in [1.82, 2.24) is 14.7 Å². The largest absolute Gasteiger partial charge is 0.378 e. The van der Waals surface area contributed by atoms with Gasteiger partial charge in [-0.1, -0.05) is 18.2 Å². The predicted octanol–water partition coefficient (Wildman–Crippen LogP) is 1.33. The summed E-state index contributed by atoms with van der Waals surface area (Å²) in [6, 6.07) is 7.04. The van der Waals surface area contributed by atoms with Gasteiger partial charge in [0.1, 0.15) is 0 Å². The Kier molecular flexibility index (Phi) is 26.6. The van der Waals surface area contributed by atoms with Gasteiger partial charge in [-0.3, -0.25) is 14.7 Å². The second-order valence-corrected chi connectivity index (χ2v) is 13.3. The fraction of sp³-hybridized carbons (Fsp3) is 0.846. The molecule has 3 fully saturated rings. The molecule has 3 saturated heterocycles. The van der Waals surface area contributed by atoms with E-state index >= 15 is 0 Å². The van der Waals surface area contributed by atoms with E-state index in [0.717, 1.165) is 58.9 Å². The molecule has 0 amide bonds. The molecule has 3 aliphatic heterocycles. The normalized spacial score (nSPS) is 23.8. The van der Waals surface area contributed by atoms with Crippen LogP contribution < -0.4 is 0 Å². The third-order valence-electron chi connectivity index (χ3n) is 8.99. The Balaban J connectivity index is 1.48. The van der Waals surface area contributed by atoms with Crippen LogP contribution in [0.1, 0.15) is 16.7 Å². The quantitative estimate of drug-likeness (QED) is 0.414. The zero-order valence-electron chi connectivity index (χ0n) is 32.8. The zero-order valence-corrected chi connectivity index (χ0v) is 32.8. The summed E-state index contributed by atoms with van der Waals surface area (Å²) in [5.74, 6) is 0. The molecule has 4 rings (SSSR count). The van der Waals surface area contributed by atoms with Crippen LogP contribution in [0.2, 0.25) is 0 Å². The summed E-state index contributed by atoms with van der Waals surface area (Å²) in [5.41, 5.74) is 3.77. The van der Waals surface area contributed by atoms with Gasteiger partial charge in [0.15, 0.2) is 0 Å². The maximum absolute atomic E-state index is 5.94. The molecule has 1 aromatic rings. The first kappa shape index (κ1) is 45.3. The van der Waals surface area contributed by atoms with Gasteiger partial charge >= 0.3 is 0 Å². The van der Waals surface area contributed by atoms with Crippen LogP contribution in [0.25, 0.3) is 0 Å².